The van der Waals surface area contributed by atoms with E-state index in [4.69, 9.17) is 5.73 Å². The second-order valence-electron chi connectivity index (χ2n) is 5.39. The van der Waals surface area contributed by atoms with E-state index in [9.17, 15) is 0 Å². The molecule has 17 heavy (non-hydrogen) atoms. The first-order valence-electron chi connectivity index (χ1n) is 6.61. The second-order valence-corrected chi connectivity index (χ2v) is 5.39. The van der Waals surface area contributed by atoms with Crippen LogP contribution in [-0.2, 0) is 19.9 Å². The van der Waals surface area contributed by atoms with Crippen LogP contribution in [0, 0.1) is 11.8 Å². The van der Waals surface area contributed by atoms with Crippen LogP contribution in [0.2, 0.25) is 0 Å². The largest absolute Gasteiger partial charge is 0.330 e. The summed E-state index contributed by atoms with van der Waals surface area (Å²) in [6.07, 6.45) is 4.20. The predicted octanol–water partition coefficient (Wildman–Crippen LogP) is 1.93. The van der Waals surface area contributed by atoms with Gasteiger partial charge in [0, 0.05) is 19.9 Å². The molecule has 0 aromatic carbocycles. The number of aryl methyl sites for hydroxylation is 2. The van der Waals surface area contributed by atoms with Crippen LogP contribution in [0.5, 0.6) is 0 Å². The van der Waals surface area contributed by atoms with Gasteiger partial charge in [-0.2, -0.15) is 5.10 Å². The Kier molecular flexibility index (Phi) is 5.62. The Labute approximate surface area is 105 Å². The third-order valence-electron chi connectivity index (χ3n) is 3.01. The van der Waals surface area contributed by atoms with E-state index in [1.807, 2.05) is 11.7 Å². The summed E-state index contributed by atoms with van der Waals surface area (Å²) in [7, 11) is 1.99. The summed E-state index contributed by atoms with van der Waals surface area (Å²) in [6, 6.07) is 0. The summed E-state index contributed by atoms with van der Waals surface area (Å²) in [6.45, 7) is 7.41. The SMILES string of the molecule is CC(C)Cc1nc(CCC(C)CCN)n(C)n1. The van der Waals surface area contributed by atoms with Gasteiger partial charge < -0.3 is 5.73 Å². The van der Waals surface area contributed by atoms with E-state index in [0.29, 0.717) is 11.8 Å². The van der Waals surface area contributed by atoms with Gasteiger partial charge >= 0.3 is 0 Å². The molecule has 4 nitrogen and oxygen atoms in total. The minimum absolute atomic E-state index is 0.612. The Balaban J connectivity index is 2.50. The van der Waals surface area contributed by atoms with Crippen molar-refractivity contribution in [2.75, 3.05) is 6.54 Å². The van der Waals surface area contributed by atoms with Crippen molar-refractivity contribution in [1.82, 2.24) is 14.8 Å². The summed E-state index contributed by atoms with van der Waals surface area (Å²) >= 11 is 0. The molecule has 0 saturated heterocycles. The molecule has 1 heterocycles. The van der Waals surface area contributed by atoms with E-state index in [0.717, 1.165) is 43.9 Å². The van der Waals surface area contributed by atoms with Gasteiger partial charge in [-0.15, -0.1) is 0 Å². The Bertz CT molecular complexity index is 330. The fourth-order valence-electron chi connectivity index (χ4n) is 1.95. The lowest BCUT2D eigenvalue weighted by atomic mass is 10.0. The molecule has 0 aliphatic rings. The van der Waals surface area contributed by atoms with Crippen LogP contribution in [0.3, 0.4) is 0 Å². The van der Waals surface area contributed by atoms with Crippen molar-refractivity contribution in [1.29, 1.82) is 0 Å². The van der Waals surface area contributed by atoms with Crippen LogP contribution in [0.15, 0.2) is 0 Å². The Morgan fingerprint density at radius 3 is 2.53 bits per heavy atom. The van der Waals surface area contributed by atoms with Gasteiger partial charge in [-0.1, -0.05) is 20.8 Å². The van der Waals surface area contributed by atoms with Gasteiger partial charge in [-0.25, -0.2) is 4.98 Å². The first kappa shape index (κ1) is 14.2. The number of nitrogens with two attached hydrogens (primary N) is 1. The van der Waals surface area contributed by atoms with Gasteiger partial charge in [-0.3, -0.25) is 4.68 Å². The summed E-state index contributed by atoms with van der Waals surface area (Å²) < 4.78 is 1.92. The molecule has 0 spiro atoms. The Morgan fingerprint density at radius 2 is 1.94 bits per heavy atom. The molecule has 0 amide bonds. The van der Waals surface area contributed by atoms with Crippen molar-refractivity contribution >= 4 is 0 Å². The van der Waals surface area contributed by atoms with Crippen LogP contribution in [0.25, 0.3) is 0 Å². The lowest BCUT2D eigenvalue weighted by Crippen LogP contribution is -2.08. The fourth-order valence-corrected chi connectivity index (χ4v) is 1.95. The molecule has 2 N–H and O–H groups in total. The van der Waals surface area contributed by atoms with E-state index in [1.54, 1.807) is 0 Å². The van der Waals surface area contributed by atoms with E-state index in [2.05, 4.69) is 30.9 Å². The van der Waals surface area contributed by atoms with Crippen LogP contribution in [0.4, 0.5) is 0 Å². The van der Waals surface area contributed by atoms with Gasteiger partial charge in [0.2, 0.25) is 0 Å². The number of aromatic nitrogens is 3. The van der Waals surface area contributed by atoms with Crippen molar-refractivity contribution in [3.8, 4) is 0 Å². The molecule has 0 saturated carbocycles. The van der Waals surface area contributed by atoms with Gasteiger partial charge in [0.1, 0.15) is 5.82 Å². The highest BCUT2D eigenvalue weighted by molar-refractivity contribution is 4.94. The summed E-state index contributed by atoms with van der Waals surface area (Å²) in [5.41, 5.74) is 5.55. The highest BCUT2D eigenvalue weighted by Crippen LogP contribution is 2.11. The number of hydrogen-bond donors (Lipinski definition) is 1. The van der Waals surface area contributed by atoms with Crippen molar-refractivity contribution in [3.05, 3.63) is 11.6 Å². The molecule has 1 aromatic heterocycles. The van der Waals surface area contributed by atoms with E-state index in [-0.39, 0.29) is 0 Å². The second kappa shape index (κ2) is 6.74. The zero-order valence-electron chi connectivity index (χ0n) is 11.6. The van der Waals surface area contributed by atoms with Crippen LogP contribution >= 0.6 is 0 Å². The first-order chi connectivity index (χ1) is 8.02. The van der Waals surface area contributed by atoms with Gasteiger partial charge in [0.05, 0.1) is 0 Å². The third-order valence-corrected chi connectivity index (χ3v) is 3.01. The molecule has 0 fully saturated rings. The minimum atomic E-state index is 0.612. The minimum Gasteiger partial charge on any atom is -0.330 e. The quantitative estimate of drug-likeness (QED) is 0.789. The molecule has 0 radical (unpaired) electrons. The standard InChI is InChI=1S/C13H26N4/c1-10(2)9-12-15-13(17(4)16-12)6-5-11(3)7-8-14/h10-11H,5-9,14H2,1-4H3. The number of nitrogens with zero attached hydrogens (tertiary/aromatic N) is 3. The molecular weight excluding hydrogens is 212 g/mol. The van der Waals surface area contributed by atoms with Crippen molar-refractivity contribution in [3.63, 3.8) is 0 Å². The van der Waals surface area contributed by atoms with Gasteiger partial charge in [0.15, 0.2) is 5.82 Å². The molecule has 1 aromatic rings. The smallest absolute Gasteiger partial charge is 0.151 e. The van der Waals surface area contributed by atoms with E-state index in [1.165, 1.54) is 0 Å². The van der Waals surface area contributed by atoms with E-state index < -0.39 is 0 Å². The molecular formula is C13H26N4. The van der Waals surface area contributed by atoms with Gasteiger partial charge in [0.25, 0.3) is 0 Å². The molecule has 4 heteroatoms. The maximum atomic E-state index is 5.55. The summed E-state index contributed by atoms with van der Waals surface area (Å²) in [5.74, 6) is 3.36. The van der Waals surface area contributed by atoms with Crippen LogP contribution in [0.1, 0.15) is 45.3 Å². The van der Waals surface area contributed by atoms with E-state index >= 15 is 0 Å². The predicted molar refractivity (Wildman–Crippen MR) is 70.7 cm³/mol. The normalized spacial score (nSPS) is 13.3. The molecule has 0 aliphatic carbocycles. The van der Waals surface area contributed by atoms with Crippen LogP contribution < -0.4 is 5.73 Å². The third kappa shape index (κ3) is 4.86. The lowest BCUT2D eigenvalue weighted by Gasteiger charge is -2.08. The molecule has 0 bridgehead atoms. The Hall–Kier alpha value is -0.900. The highest BCUT2D eigenvalue weighted by Gasteiger charge is 2.10. The summed E-state index contributed by atoms with van der Waals surface area (Å²) in [4.78, 5) is 4.60. The molecule has 98 valence electrons. The molecule has 0 aliphatic heterocycles. The van der Waals surface area contributed by atoms with Crippen LogP contribution in [-0.4, -0.2) is 21.3 Å². The molecule has 1 unspecified atom stereocenters. The van der Waals surface area contributed by atoms with Crippen molar-refractivity contribution in [2.24, 2.45) is 24.6 Å². The monoisotopic (exact) mass is 238 g/mol. The first-order valence-corrected chi connectivity index (χ1v) is 6.61. The number of rotatable bonds is 7. The fraction of sp³-hybridized carbons (Fsp3) is 0.846. The number of hydrogen-bond acceptors (Lipinski definition) is 3. The van der Waals surface area contributed by atoms with Gasteiger partial charge in [-0.05, 0) is 31.2 Å². The Morgan fingerprint density at radius 1 is 1.24 bits per heavy atom. The lowest BCUT2D eigenvalue weighted by molar-refractivity contribution is 0.487. The maximum Gasteiger partial charge on any atom is 0.151 e. The average Bonchev–Trinajstić information content (AvgIpc) is 2.55. The zero-order valence-corrected chi connectivity index (χ0v) is 11.6. The maximum absolute atomic E-state index is 5.55. The molecule has 1 rings (SSSR count). The molecule has 1 atom stereocenters. The average molecular weight is 238 g/mol. The van der Waals surface area contributed by atoms with Crippen molar-refractivity contribution < 1.29 is 0 Å². The van der Waals surface area contributed by atoms with Crippen molar-refractivity contribution in [2.45, 2.75) is 46.5 Å². The summed E-state index contributed by atoms with van der Waals surface area (Å²) in [5, 5.41) is 4.46. The highest BCUT2D eigenvalue weighted by atomic mass is 15.3. The zero-order chi connectivity index (χ0) is 12.8. The topological polar surface area (TPSA) is 56.7 Å².